The van der Waals surface area contributed by atoms with Gasteiger partial charge >= 0.3 is 0 Å². The molecule has 1 N–H and O–H groups in total. The van der Waals surface area contributed by atoms with E-state index in [4.69, 9.17) is 11.2 Å². The van der Waals surface area contributed by atoms with Gasteiger partial charge in [-0.05, 0) is 6.07 Å². The predicted octanol–water partition coefficient (Wildman–Crippen LogP) is 0.252. The summed E-state index contributed by atoms with van der Waals surface area (Å²) in [6.45, 7) is 2.82. The van der Waals surface area contributed by atoms with E-state index in [1.807, 2.05) is 12.3 Å². The zero-order valence-electron chi connectivity index (χ0n) is 8.36. The summed E-state index contributed by atoms with van der Waals surface area (Å²) in [5, 5.41) is 7.47. The Bertz CT molecular complexity index is 301. The minimum Gasteiger partial charge on any atom is -0.383 e. The Morgan fingerprint density at radius 3 is 3.29 bits per heavy atom. The van der Waals surface area contributed by atoms with Gasteiger partial charge < -0.3 is 10.1 Å². The molecule has 0 fully saturated rings. The zero-order valence-corrected chi connectivity index (χ0v) is 8.36. The third kappa shape index (κ3) is 3.60. The molecule has 1 aromatic rings. The minimum absolute atomic E-state index is 0.526. The molecule has 0 saturated carbocycles. The van der Waals surface area contributed by atoms with E-state index in [0.29, 0.717) is 13.2 Å². The maximum atomic E-state index is 5.17. The molecule has 76 valence electrons. The molecule has 0 saturated heterocycles. The van der Waals surface area contributed by atoms with E-state index in [1.54, 1.807) is 11.8 Å². The number of methoxy groups -OCH3 is 1. The minimum atomic E-state index is 0.526. The average molecular weight is 193 g/mol. The standard InChI is InChI=1S/C10H15N3O/c1-3-6-13-7-4-10(12-13)9-11-5-8-14-2/h1,4,7,11H,5-6,8-9H2,2H3. The Labute approximate surface area is 84.3 Å². The van der Waals surface area contributed by atoms with Crippen molar-refractivity contribution in [2.45, 2.75) is 13.1 Å². The zero-order chi connectivity index (χ0) is 10.2. The van der Waals surface area contributed by atoms with Crippen molar-refractivity contribution in [1.82, 2.24) is 15.1 Å². The molecule has 1 heterocycles. The van der Waals surface area contributed by atoms with Crippen LogP contribution < -0.4 is 5.32 Å². The summed E-state index contributed by atoms with van der Waals surface area (Å²) in [5.41, 5.74) is 0.997. The molecular weight excluding hydrogens is 178 g/mol. The lowest BCUT2D eigenvalue weighted by atomic mass is 10.4. The fourth-order valence-corrected chi connectivity index (χ4v) is 1.07. The number of aromatic nitrogens is 2. The molecule has 14 heavy (non-hydrogen) atoms. The molecule has 4 heteroatoms. The van der Waals surface area contributed by atoms with Crippen LogP contribution in [0.4, 0.5) is 0 Å². The van der Waals surface area contributed by atoms with E-state index in [0.717, 1.165) is 18.8 Å². The molecule has 0 amide bonds. The molecule has 0 bridgehead atoms. The first-order valence-corrected chi connectivity index (χ1v) is 4.52. The highest BCUT2D eigenvalue weighted by molar-refractivity contribution is 5.00. The second kappa shape index (κ2) is 6.19. The summed E-state index contributed by atoms with van der Waals surface area (Å²) >= 11 is 0. The lowest BCUT2D eigenvalue weighted by molar-refractivity contribution is 0.199. The van der Waals surface area contributed by atoms with Crippen LogP contribution >= 0.6 is 0 Å². The van der Waals surface area contributed by atoms with Gasteiger partial charge in [0.2, 0.25) is 0 Å². The first kappa shape index (κ1) is 10.8. The van der Waals surface area contributed by atoms with Crippen LogP contribution in [0.1, 0.15) is 5.69 Å². The molecule has 0 aliphatic rings. The fourth-order valence-electron chi connectivity index (χ4n) is 1.07. The predicted molar refractivity (Wildman–Crippen MR) is 54.6 cm³/mol. The summed E-state index contributed by atoms with van der Waals surface area (Å²) in [5.74, 6) is 2.53. The van der Waals surface area contributed by atoms with Gasteiger partial charge in [-0.3, -0.25) is 4.68 Å². The van der Waals surface area contributed by atoms with Crippen LogP contribution in [0.15, 0.2) is 12.3 Å². The van der Waals surface area contributed by atoms with Crippen LogP contribution in [-0.2, 0) is 17.8 Å². The van der Waals surface area contributed by atoms with Gasteiger partial charge in [0.1, 0.15) is 6.54 Å². The van der Waals surface area contributed by atoms with Crippen molar-refractivity contribution >= 4 is 0 Å². The lowest BCUT2D eigenvalue weighted by Crippen LogP contribution is -2.18. The van der Waals surface area contributed by atoms with Crippen molar-refractivity contribution < 1.29 is 4.74 Å². The maximum absolute atomic E-state index is 5.17. The number of terminal acetylenes is 1. The van der Waals surface area contributed by atoms with Gasteiger partial charge in [-0.1, -0.05) is 5.92 Å². The summed E-state index contributed by atoms with van der Waals surface area (Å²) < 4.78 is 6.65. The van der Waals surface area contributed by atoms with Crippen LogP contribution in [0.5, 0.6) is 0 Å². The van der Waals surface area contributed by atoms with Crippen molar-refractivity contribution in [3.8, 4) is 12.3 Å². The molecular formula is C10H15N3O. The number of rotatable bonds is 6. The smallest absolute Gasteiger partial charge is 0.101 e. The summed E-state index contributed by atoms with van der Waals surface area (Å²) in [4.78, 5) is 0. The summed E-state index contributed by atoms with van der Waals surface area (Å²) in [7, 11) is 1.68. The normalized spacial score (nSPS) is 10.0. The van der Waals surface area contributed by atoms with Gasteiger partial charge in [-0.25, -0.2) is 0 Å². The quantitative estimate of drug-likeness (QED) is 0.520. The van der Waals surface area contributed by atoms with Gasteiger partial charge in [0.15, 0.2) is 0 Å². The van der Waals surface area contributed by atoms with E-state index in [1.165, 1.54) is 0 Å². The number of hydrogen-bond donors (Lipinski definition) is 1. The van der Waals surface area contributed by atoms with Crippen LogP contribution in [0.2, 0.25) is 0 Å². The Morgan fingerprint density at radius 2 is 2.57 bits per heavy atom. The highest BCUT2D eigenvalue weighted by Gasteiger charge is 1.96. The van der Waals surface area contributed by atoms with E-state index < -0.39 is 0 Å². The second-order valence-electron chi connectivity index (χ2n) is 2.88. The van der Waals surface area contributed by atoms with Gasteiger partial charge in [0.05, 0.1) is 12.3 Å². The highest BCUT2D eigenvalue weighted by atomic mass is 16.5. The van der Waals surface area contributed by atoms with Crippen molar-refractivity contribution in [1.29, 1.82) is 0 Å². The first-order valence-electron chi connectivity index (χ1n) is 4.52. The SMILES string of the molecule is C#CCn1ccc(CNCCOC)n1. The van der Waals surface area contributed by atoms with E-state index >= 15 is 0 Å². The van der Waals surface area contributed by atoms with Crippen molar-refractivity contribution in [3.63, 3.8) is 0 Å². The Hall–Kier alpha value is -1.31. The third-order valence-corrected chi connectivity index (χ3v) is 1.74. The summed E-state index contributed by atoms with van der Waals surface area (Å²) in [6, 6.07) is 1.96. The molecule has 0 unspecified atom stereocenters. The van der Waals surface area contributed by atoms with Crippen LogP contribution in [0.3, 0.4) is 0 Å². The summed E-state index contributed by atoms with van der Waals surface area (Å²) in [6.07, 6.45) is 7.05. The first-order chi connectivity index (χ1) is 6.86. The van der Waals surface area contributed by atoms with Crippen LogP contribution in [0, 0.1) is 12.3 Å². The van der Waals surface area contributed by atoms with Crippen LogP contribution in [-0.4, -0.2) is 30.0 Å². The van der Waals surface area contributed by atoms with E-state index in [9.17, 15) is 0 Å². The van der Waals surface area contributed by atoms with Crippen molar-refractivity contribution in [3.05, 3.63) is 18.0 Å². The van der Waals surface area contributed by atoms with Crippen molar-refractivity contribution in [2.75, 3.05) is 20.3 Å². The molecule has 4 nitrogen and oxygen atoms in total. The van der Waals surface area contributed by atoms with E-state index in [-0.39, 0.29) is 0 Å². The van der Waals surface area contributed by atoms with Gasteiger partial charge in [0.25, 0.3) is 0 Å². The molecule has 0 aliphatic heterocycles. The number of ether oxygens (including phenoxy) is 1. The second-order valence-corrected chi connectivity index (χ2v) is 2.88. The van der Waals surface area contributed by atoms with Crippen LogP contribution in [0.25, 0.3) is 0 Å². The molecule has 1 rings (SSSR count). The van der Waals surface area contributed by atoms with Crippen molar-refractivity contribution in [2.24, 2.45) is 0 Å². The highest BCUT2D eigenvalue weighted by Crippen LogP contribution is 1.94. The van der Waals surface area contributed by atoms with Gasteiger partial charge in [-0.15, -0.1) is 6.42 Å². The lowest BCUT2D eigenvalue weighted by Gasteiger charge is -2.00. The van der Waals surface area contributed by atoms with E-state index in [2.05, 4.69) is 16.3 Å². The number of nitrogens with zero attached hydrogens (tertiary/aromatic N) is 2. The number of nitrogens with one attached hydrogen (secondary N) is 1. The van der Waals surface area contributed by atoms with Gasteiger partial charge in [-0.2, -0.15) is 5.10 Å². The molecule has 1 aromatic heterocycles. The monoisotopic (exact) mass is 193 g/mol. The third-order valence-electron chi connectivity index (χ3n) is 1.74. The fraction of sp³-hybridized carbons (Fsp3) is 0.500. The van der Waals surface area contributed by atoms with Gasteiger partial charge in [0, 0.05) is 26.4 Å². The number of hydrogen-bond acceptors (Lipinski definition) is 3. The Morgan fingerprint density at radius 1 is 1.71 bits per heavy atom. The molecule has 0 atom stereocenters. The molecule has 0 radical (unpaired) electrons. The maximum Gasteiger partial charge on any atom is 0.101 e. The Kier molecular flexibility index (Phi) is 4.76. The topological polar surface area (TPSA) is 39.1 Å². The largest absolute Gasteiger partial charge is 0.383 e. The average Bonchev–Trinajstić information content (AvgIpc) is 2.61. The molecule has 0 aromatic carbocycles. The molecule has 0 spiro atoms. The Balaban J connectivity index is 2.26. The molecule has 0 aliphatic carbocycles.